The van der Waals surface area contributed by atoms with E-state index in [1.807, 2.05) is 0 Å². The fourth-order valence-corrected chi connectivity index (χ4v) is 6.63. The Labute approximate surface area is 159 Å². The van der Waals surface area contributed by atoms with E-state index in [9.17, 15) is 53.8 Å². The molecule has 0 saturated heterocycles. The van der Waals surface area contributed by atoms with E-state index in [-0.39, 0.29) is 0 Å². The van der Waals surface area contributed by atoms with Crippen LogP contribution >= 0.6 is 31.3 Å². The Hall–Kier alpha value is 0.320. The largest absolute Gasteiger partial charge is 0.490 e. The molecule has 174 valence electrons. The van der Waals surface area contributed by atoms with Crippen molar-refractivity contribution in [2.45, 2.75) is 36.3 Å². The van der Waals surface area contributed by atoms with E-state index < -0.39 is 67.6 Å². The second kappa shape index (κ2) is 8.69. The van der Waals surface area contributed by atoms with E-state index in [4.69, 9.17) is 19.6 Å². The van der Waals surface area contributed by atoms with Gasteiger partial charge in [0.2, 0.25) is 5.79 Å². The van der Waals surface area contributed by atoms with Gasteiger partial charge in [-0.1, -0.05) is 0 Å². The van der Waals surface area contributed by atoms with E-state index in [1.165, 1.54) is 0 Å². The quantitative estimate of drug-likeness (QED) is 0.108. The predicted octanol–water partition coefficient (Wildman–Crippen LogP) is -4.05. The summed E-state index contributed by atoms with van der Waals surface area (Å²) in [5.74, 6) is -3.83. The minimum atomic E-state index is -6.27. The van der Waals surface area contributed by atoms with Crippen LogP contribution in [0.15, 0.2) is 0 Å². The van der Waals surface area contributed by atoms with Crippen molar-refractivity contribution in [1.29, 1.82) is 0 Å². The third-order valence-electron chi connectivity index (χ3n) is 3.08. The predicted molar refractivity (Wildman–Crippen MR) is 80.8 cm³/mol. The van der Waals surface area contributed by atoms with Crippen molar-refractivity contribution in [1.82, 2.24) is 0 Å². The number of aliphatic hydroxyl groups is 6. The summed E-state index contributed by atoms with van der Waals surface area (Å²) in [5.41, 5.74) is 0. The zero-order chi connectivity index (χ0) is 23.2. The molecule has 9 atom stereocenters. The van der Waals surface area contributed by atoms with Crippen LogP contribution in [-0.2, 0) is 35.7 Å². The smallest absolute Gasteiger partial charge is 0.387 e. The molecule has 0 spiro atoms. The summed E-state index contributed by atoms with van der Waals surface area (Å²) in [4.78, 5) is 44.2. The van der Waals surface area contributed by atoms with E-state index in [0.29, 0.717) is 0 Å². The Morgan fingerprint density at radius 2 is 0.931 bits per heavy atom. The Bertz CT molecular complexity index is 772. The van der Waals surface area contributed by atoms with Crippen LogP contribution in [0.5, 0.6) is 0 Å². The second-order valence-corrected chi connectivity index (χ2v) is 11.3. The van der Waals surface area contributed by atoms with Crippen LogP contribution in [0.2, 0.25) is 0 Å². The molecule has 0 bridgehead atoms. The molecule has 29 heavy (non-hydrogen) atoms. The van der Waals surface area contributed by atoms with Crippen molar-refractivity contribution in [3.63, 3.8) is 0 Å². The molecule has 1 aliphatic rings. The zero-order valence-corrected chi connectivity index (χ0v) is 16.9. The molecule has 0 aromatic rings. The topological polar surface area (TPSA) is 328 Å². The van der Waals surface area contributed by atoms with Crippen LogP contribution in [-0.4, -0.2) is 91.4 Å². The number of rotatable bonds is 8. The fourth-order valence-electron chi connectivity index (χ4n) is 1.97. The van der Waals surface area contributed by atoms with Crippen molar-refractivity contribution in [2.24, 2.45) is 0 Å². The van der Waals surface area contributed by atoms with Crippen LogP contribution in [0, 0.1) is 0 Å². The fraction of sp³-hybridized carbons (Fsp3) is 1.00. The molecule has 1 aliphatic carbocycles. The van der Waals surface area contributed by atoms with E-state index in [1.54, 1.807) is 0 Å². The molecule has 5 unspecified atom stereocenters. The van der Waals surface area contributed by atoms with E-state index >= 15 is 0 Å². The van der Waals surface area contributed by atoms with E-state index in [2.05, 4.69) is 17.5 Å². The minimum absolute atomic E-state index is 2.29. The minimum Gasteiger partial charge on any atom is -0.387 e. The van der Waals surface area contributed by atoms with Crippen LogP contribution < -0.4 is 0 Å². The van der Waals surface area contributed by atoms with Crippen LogP contribution in [0.25, 0.3) is 0 Å². The van der Waals surface area contributed by atoms with Crippen molar-refractivity contribution in [3.8, 4) is 0 Å². The number of hydrogen-bond acceptors (Lipinski definition) is 14. The summed E-state index contributed by atoms with van der Waals surface area (Å²) in [7, 11) is -24.4. The maximum Gasteiger partial charge on any atom is 0.490 e. The van der Waals surface area contributed by atoms with Gasteiger partial charge in [0, 0.05) is 0 Å². The number of phosphoric ester groups is 1. The van der Waals surface area contributed by atoms with Gasteiger partial charge in [0.25, 0.3) is 0 Å². The van der Waals surface area contributed by atoms with Crippen LogP contribution in [0.1, 0.15) is 0 Å². The number of phosphoric acid groups is 4. The molecular formula is C6H16O19P4. The standard InChI is InChI=1S/C6H16O19P4/c7-1-2(8)4(10)6(12,5(11)3(1)9)22-27(16,17)24-29(20,21)25-28(18,19)23-26(13,14)15/h1-5,7-12H,(H,16,17)(H,18,19)(H,20,21)(H2,13,14,15)/t1?,2-,3+,4-,5-,6?/m1/s1. The van der Waals surface area contributed by atoms with Gasteiger partial charge in [-0.2, -0.15) is 12.9 Å². The first-order valence-electron chi connectivity index (χ1n) is 6.64. The lowest BCUT2D eigenvalue weighted by Crippen LogP contribution is -2.71. The molecule has 0 amide bonds. The molecule has 1 rings (SSSR count). The van der Waals surface area contributed by atoms with E-state index in [0.717, 1.165) is 0 Å². The summed E-state index contributed by atoms with van der Waals surface area (Å²) in [6.07, 6.45) is -12.9. The maximum absolute atomic E-state index is 11.8. The lowest BCUT2D eigenvalue weighted by molar-refractivity contribution is -0.336. The Balaban J connectivity index is 3.05. The summed E-state index contributed by atoms with van der Waals surface area (Å²) in [6, 6.07) is 0. The highest BCUT2D eigenvalue weighted by Gasteiger charge is 2.62. The average molecular weight is 516 g/mol. The van der Waals surface area contributed by atoms with Crippen molar-refractivity contribution < 1.29 is 90.8 Å². The molecule has 1 saturated carbocycles. The first-order chi connectivity index (χ1) is 12.6. The van der Waals surface area contributed by atoms with Gasteiger partial charge in [0.05, 0.1) is 0 Å². The van der Waals surface area contributed by atoms with Gasteiger partial charge < -0.3 is 55.1 Å². The van der Waals surface area contributed by atoms with Crippen LogP contribution in [0.4, 0.5) is 0 Å². The molecule has 11 N–H and O–H groups in total. The third kappa shape index (κ3) is 7.17. The van der Waals surface area contributed by atoms with Gasteiger partial charge in [0.1, 0.15) is 30.5 Å². The van der Waals surface area contributed by atoms with Gasteiger partial charge in [0.15, 0.2) is 0 Å². The molecule has 0 heterocycles. The molecule has 0 aromatic heterocycles. The monoisotopic (exact) mass is 516 g/mol. The van der Waals surface area contributed by atoms with Crippen molar-refractivity contribution in [3.05, 3.63) is 0 Å². The Kier molecular flexibility index (Phi) is 8.20. The maximum atomic E-state index is 11.8. The summed E-state index contributed by atoms with van der Waals surface area (Å²) in [5, 5.41) is 57.5. The zero-order valence-electron chi connectivity index (χ0n) is 13.4. The first-order valence-corrected chi connectivity index (χ1v) is 12.7. The highest BCUT2D eigenvalue weighted by Crippen LogP contribution is 2.71. The Morgan fingerprint density at radius 3 is 1.31 bits per heavy atom. The highest BCUT2D eigenvalue weighted by atomic mass is 31.3. The molecule has 1 fully saturated rings. The molecular weight excluding hydrogens is 500 g/mol. The first kappa shape index (κ1) is 27.4. The lowest BCUT2D eigenvalue weighted by Gasteiger charge is -2.46. The highest BCUT2D eigenvalue weighted by molar-refractivity contribution is 7.69. The summed E-state index contributed by atoms with van der Waals surface area (Å²) >= 11 is 0. The van der Waals surface area contributed by atoms with Gasteiger partial charge in [-0.15, -0.1) is 0 Å². The molecule has 0 aromatic carbocycles. The van der Waals surface area contributed by atoms with Gasteiger partial charge >= 0.3 is 31.3 Å². The summed E-state index contributed by atoms with van der Waals surface area (Å²) in [6.45, 7) is 0. The number of aliphatic hydroxyl groups excluding tert-OH is 5. The molecule has 23 heteroatoms. The van der Waals surface area contributed by atoms with Gasteiger partial charge in [-0.3, -0.25) is 0 Å². The third-order valence-corrected chi connectivity index (χ3v) is 8.58. The second-order valence-electron chi connectivity index (χ2n) is 5.35. The molecule has 0 radical (unpaired) electrons. The number of hydrogen-bond donors (Lipinski definition) is 11. The molecule has 0 aliphatic heterocycles. The van der Waals surface area contributed by atoms with Gasteiger partial charge in [-0.25, -0.2) is 22.8 Å². The Morgan fingerprint density at radius 1 is 0.586 bits per heavy atom. The normalized spacial score (nSPS) is 39.9. The average Bonchev–Trinajstić information content (AvgIpc) is 2.44. The van der Waals surface area contributed by atoms with Crippen LogP contribution in [0.3, 0.4) is 0 Å². The van der Waals surface area contributed by atoms with Crippen molar-refractivity contribution >= 4 is 31.3 Å². The molecule has 19 nitrogen and oxygen atoms in total. The summed E-state index contributed by atoms with van der Waals surface area (Å²) < 4.78 is 58.7. The SMILES string of the molecule is O=P(O)(O)OP(=O)(O)OP(=O)(O)OP(=O)(O)OC1(O)[C@H](O)[C@H](O)C(O)[C@H](O)[C@H]1O. The van der Waals surface area contributed by atoms with Gasteiger partial charge in [-0.05, 0) is 0 Å². The van der Waals surface area contributed by atoms with Crippen molar-refractivity contribution in [2.75, 3.05) is 0 Å². The lowest BCUT2D eigenvalue weighted by atomic mass is 9.82.